The molecule has 0 spiro atoms. The molecular formula is C16H20F2N4O2S. The van der Waals surface area contributed by atoms with Crippen molar-refractivity contribution in [2.24, 2.45) is 0 Å². The summed E-state index contributed by atoms with van der Waals surface area (Å²) >= 11 is 0. The number of hydrogen-bond donors (Lipinski definition) is 1. The van der Waals surface area contributed by atoms with Crippen LogP contribution in [0.25, 0.3) is 0 Å². The number of nitrogens with zero attached hydrogens (tertiary/aromatic N) is 3. The number of halogens is 2. The minimum Gasteiger partial charge on any atom is -0.291 e. The van der Waals surface area contributed by atoms with Gasteiger partial charge in [-0.2, -0.15) is 5.10 Å². The Hall–Kier alpha value is -1.84. The summed E-state index contributed by atoms with van der Waals surface area (Å²) < 4.78 is 54.3. The second kappa shape index (κ2) is 7.19. The van der Waals surface area contributed by atoms with Gasteiger partial charge in [-0.25, -0.2) is 21.9 Å². The van der Waals surface area contributed by atoms with Crippen molar-refractivity contribution in [3.05, 3.63) is 53.4 Å². The maximum absolute atomic E-state index is 13.4. The molecule has 1 aliphatic rings. The fourth-order valence-corrected chi connectivity index (χ4v) is 3.61. The first-order valence-corrected chi connectivity index (χ1v) is 9.69. The number of fused-ring (bicyclic) bond motifs is 1. The number of hydrogen-bond acceptors (Lipinski definition) is 4. The molecule has 9 heteroatoms. The Kier molecular flexibility index (Phi) is 5.16. The summed E-state index contributed by atoms with van der Waals surface area (Å²) in [6.07, 6.45) is 1.68. The zero-order valence-corrected chi connectivity index (χ0v) is 14.6. The summed E-state index contributed by atoms with van der Waals surface area (Å²) in [7, 11) is -3.29. The van der Waals surface area contributed by atoms with Gasteiger partial charge in [0.2, 0.25) is 10.0 Å². The topological polar surface area (TPSA) is 67.2 Å². The van der Waals surface area contributed by atoms with Gasteiger partial charge in [0.15, 0.2) is 11.6 Å². The SMILES string of the molecule is CCS(=O)(=O)NC[C@H]1CN(Cc2ccc(F)c(F)c2)Cc2ccnn21. The fraction of sp³-hybridized carbons (Fsp3) is 0.438. The molecule has 0 saturated heterocycles. The average molecular weight is 370 g/mol. The first-order chi connectivity index (χ1) is 11.9. The number of sulfonamides is 1. The van der Waals surface area contributed by atoms with Gasteiger partial charge in [0.05, 0.1) is 17.5 Å². The minimum atomic E-state index is -3.29. The normalized spacial score (nSPS) is 18.3. The van der Waals surface area contributed by atoms with Crippen molar-refractivity contribution >= 4 is 10.0 Å². The average Bonchev–Trinajstić information content (AvgIpc) is 3.05. The maximum Gasteiger partial charge on any atom is 0.211 e. The molecule has 2 aromatic rings. The first kappa shape index (κ1) is 18.0. The molecule has 0 saturated carbocycles. The van der Waals surface area contributed by atoms with Gasteiger partial charge >= 0.3 is 0 Å². The van der Waals surface area contributed by atoms with E-state index in [1.807, 2.05) is 10.7 Å². The van der Waals surface area contributed by atoms with Crippen molar-refractivity contribution in [2.75, 3.05) is 18.8 Å². The van der Waals surface area contributed by atoms with Gasteiger partial charge in [-0.05, 0) is 30.7 Å². The smallest absolute Gasteiger partial charge is 0.211 e. The lowest BCUT2D eigenvalue weighted by atomic mass is 10.1. The lowest BCUT2D eigenvalue weighted by molar-refractivity contribution is 0.168. The highest BCUT2D eigenvalue weighted by molar-refractivity contribution is 7.89. The van der Waals surface area contributed by atoms with Crippen molar-refractivity contribution < 1.29 is 17.2 Å². The van der Waals surface area contributed by atoms with Crippen LogP contribution in [0.5, 0.6) is 0 Å². The Bertz CT molecular complexity index is 854. The molecule has 0 bridgehead atoms. The van der Waals surface area contributed by atoms with E-state index in [-0.39, 0.29) is 18.3 Å². The van der Waals surface area contributed by atoms with Crippen LogP contribution >= 0.6 is 0 Å². The molecule has 1 aromatic heterocycles. The van der Waals surface area contributed by atoms with Crippen LogP contribution in [0.15, 0.2) is 30.5 Å². The van der Waals surface area contributed by atoms with Gasteiger partial charge < -0.3 is 0 Å². The van der Waals surface area contributed by atoms with Gasteiger partial charge in [-0.1, -0.05) is 6.07 Å². The zero-order valence-electron chi connectivity index (χ0n) is 13.8. The molecule has 1 aromatic carbocycles. The quantitative estimate of drug-likeness (QED) is 0.840. The molecule has 1 N–H and O–H groups in total. The van der Waals surface area contributed by atoms with Crippen molar-refractivity contribution in [3.8, 4) is 0 Å². The summed E-state index contributed by atoms with van der Waals surface area (Å²) in [5, 5.41) is 4.28. The van der Waals surface area contributed by atoms with Crippen LogP contribution < -0.4 is 4.72 Å². The summed E-state index contributed by atoms with van der Waals surface area (Å²) in [5.74, 6) is -1.72. The molecule has 25 heavy (non-hydrogen) atoms. The summed E-state index contributed by atoms with van der Waals surface area (Å²) in [6.45, 7) is 3.42. The fourth-order valence-electron chi connectivity index (χ4n) is 2.96. The third-order valence-electron chi connectivity index (χ3n) is 4.26. The minimum absolute atomic E-state index is 0.0181. The number of rotatable bonds is 6. The van der Waals surface area contributed by atoms with Crippen LogP contribution in [0.4, 0.5) is 8.78 Å². The molecule has 0 radical (unpaired) electrons. The van der Waals surface area contributed by atoms with E-state index in [9.17, 15) is 17.2 Å². The lowest BCUT2D eigenvalue weighted by Crippen LogP contribution is -2.42. The molecule has 6 nitrogen and oxygen atoms in total. The second-order valence-corrected chi connectivity index (χ2v) is 8.19. The lowest BCUT2D eigenvalue weighted by Gasteiger charge is -2.34. The van der Waals surface area contributed by atoms with E-state index >= 15 is 0 Å². The predicted molar refractivity (Wildman–Crippen MR) is 89.2 cm³/mol. The molecule has 1 atom stereocenters. The largest absolute Gasteiger partial charge is 0.291 e. The van der Waals surface area contributed by atoms with Crippen molar-refractivity contribution in [2.45, 2.75) is 26.1 Å². The van der Waals surface area contributed by atoms with Crippen molar-refractivity contribution in [1.29, 1.82) is 0 Å². The molecule has 3 rings (SSSR count). The van der Waals surface area contributed by atoms with Crippen LogP contribution in [-0.2, 0) is 23.1 Å². The molecule has 2 heterocycles. The van der Waals surface area contributed by atoms with Crippen LogP contribution in [0, 0.1) is 11.6 Å². The summed E-state index contributed by atoms with van der Waals surface area (Å²) in [6, 6.07) is 5.57. The standard InChI is InChI=1S/C16H20F2N4O2S/c1-2-25(23,24)20-8-14-11-21(10-13-5-6-19-22(13)14)9-12-3-4-15(17)16(18)7-12/h3-7,14,20H,2,8-11H2,1H3/t14-/m0/s1. The van der Waals surface area contributed by atoms with Crippen LogP contribution in [0.3, 0.4) is 0 Å². The van der Waals surface area contributed by atoms with Crippen LogP contribution in [0.1, 0.15) is 24.2 Å². The monoisotopic (exact) mass is 370 g/mol. The number of benzene rings is 1. The molecular weight excluding hydrogens is 350 g/mol. The van der Waals surface area contributed by atoms with Gasteiger partial charge in [-0.15, -0.1) is 0 Å². The zero-order chi connectivity index (χ0) is 18.0. The molecule has 0 unspecified atom stereocenters. The Labute approximate surface area is 145 Å². The van der Waals surface area contributed by atoms with Gasteiger partial charge in [0.1, 0.15) is 0 Å². The van der Waals surface area contributed by atoms with Crippen molar-refractivity contribution in [1.82, 2.24) is 19.4 Å². The van der Waals surface area contributed by atoms with E-state index in [0.29, 0.717) is 25.2 Å². The molecule has 0 amide bonds. The van der Waals surface area contributed by atoms with E-state index in [1.54, 1.807) is 19.2 Å². The summed E-state index contributed by atoms with van der Waals surface area (Å²) in [4.78, 5) is 2.06. The van der Waals surface area contributed by atoms with E-state index in [0.717, 1.165) is 11.8 Å². The van der Waals surface area contributed by atoms with E-state index in [2.05, 4.69) is 14.7 Å². The van der Waals surface area contributed by atoms with E-state index in [4.69, 9.17) is 0 Å². The third-order valence-corrected chi connectivity index (χ3v) is 5.63. The predicted octanol–water partition coefficient (Wildman–Crippen LogP) is 1.66. The van der Waals surface area contributed by atoms with Gasteiger partial charge in [0.25, 0.3) is 0 Å². The van der Waals surface area contributed by atoms with Crippen molar-refractivity contribution in [3.63, 3.8) is 0 Å². The Balaban J connectivity index is 1.74. The first-order valence-electron chi connectivity index (χ1n) is 8.04. The van der Waals surface area contributed by atoms with Gasteiger partial charge in [0, 0.05) is 32.4 Å². The highest BCUT2D eigenvalue weighted by Crippen LogP contribution is 2.22. The number of nitrogens with one attached hydrogen (secondary N) is 1. The molecule has 0 fully saturated rings. The highest BCUT2D eigenvalue weighted by Gasteiger charge is 2.26. The summed E-state index contributed by atoms with van der Waals surface area (Å²) in [5.41, 5.74) is 1.62. The highest BCUT2D eigenvalue weighted by atomic mass is 32.2. The molecule has 0 aliphatic carbocycles. The Morgan fingerprint density at radius 1 is 1.28 bits per heavy atom. The number of aromatic nitrogens is 2. The van der Waals surface area contributed by atoms with Crippen LogP contribution in [0.2, 0.25) is 0 Å². The van der Waals surface area contributed by atoms with Crippen LogP contribution in [-0.4, -0.2) is 41.9 Å². The van der Waals surface area contributed by atoms with Gasteiger partial charge in [-0.3, -0.25) is 9.58 Å². The molecule has 1 aliphatic heterocycles. The van der Waals surface area contributed by atoms with E-state index in [1.165, 1.54) is 6.07 Å². The molecule has 136 valence electrons. The second-order valence-electron chi connectivity index (χ2n) is 6.09. The van der Waals surface area contributed by atoms with E-state index < -0.39 is 21.7 Å². The third kappa shape index (κ3) is 4.23. The Morgan fingerprint density at radius 2 is 2.08 bits per heavy atom. The Morgan fingerprint density at radius 3 is 2.80 bits per heavy atom. The maximum atomic E-state index is 13.4.